The van der Waals surface area contributed by atoms with Gasteiger partial charge in [0.15, 0.2) is 0 Å². The number of rotatable bonds is 7. The van der Waals surface area contributed by atoms with Gasteiger partial charge >= 0.3 is 6.18 Å². The molecule has 130 valence electrons. The number of thiophene rings is 1. The number of alkyl halides is 3. The van der Waals surface area contributed by atoms with E-state index >= 15 is 0 Å². The second-order valence-electron chi connectivity index (χ2n) is 4.91. The van der Waals surface area contributed by atoms with E-state index in [1.165, 1.54) is 24.5 Å². The third-order valence-electron chi connectivity index (χ3n) is 3.07. The molecule has 1 aromatic heterocycles. The number of halogens is 3. The second-order valence-corrected chi connectivity index (χ2v) is 5.69. The van der Waals surface area contributed by atoms with Gasteiger partial charge in [-0.3, -0.25) is 4.79 Å². The fraction of sp³-hybridized carbons (Fsp3) is 0.312. The predicted octanol–water partition coefficient (Wildman–Crippen LogP) is 3.97. The van der Waals surface area contributed by atoms with Gasteiger partial charge in [-0.15, -0.1) is 0 Å². The summed E-state index contributed by atoms with van der Waals surface area (Å²) in [4.78, 5) is 12.1. The summed E-state index contributed by atoms with van der Waals surface area (Å²) in [6.45, 7) is 0.443. The summed E-state index contributed by atoms with van der Waals surface area (Å²) >= 11 is 1.44. The summed E-state index contributed by atoms with van der Waals surface area (Å²) in [5.74, 6) is -0.247. The summed E-state index contributed by atoms with van der Waals surface area (Å²) in [7, 11) is 1.49. The third kappa shape index (κ3) is 5.24. The molecule has 1 heterocycles. The number of methoxy groups -OCH3 is 1. The first-order valence-corrected chi connectivity index (χ1v) is 7.98. The molecule has 0 spiro atoms. The standard InChI is InChI=1S/C16H16F3NO3S/c1-22-5-6-23-14-3-2-12(16(17,18)19)9-13(14)20-15(21)8-11-4-7-24-10-11/h2-4,7,9-10H,5-6,8H2,1H3,(H,20,21). The van der Waals surface area contributed by atoms with Crippen molar-refractivity contribution in [1.82, 2.24) is 0 Å². The van der Waals surface area contributed by atoms with Crippen molar-refractivity contribution in [3.05, 3.63) is 46.2 Å². The van der Waals surface area contributed by atoms with Crippen molar-refractivity contribution in [2.24, 2.45) is 0 Å². The lowest BCUT2D eigenvalue weighted by molar-refractivity contribution is -0.137. The van der Waals surface area contributed by atoms with E-state index < -0.39 is 17.6 Å². The van der Waals surface area contributed by atoms with Crippen LogP contribution in [0.15, 0.2) is 35.0 Å². The lowest BCUT2D eigenvalue weighted by atomic mass is 10.1. The van der Waals surface area contributed by atoms with E-state index in [0.29, 0.717) is 0 Å². The molecule has 0 bridgehead atoms. The van der Waals surface area contributed by atoms with E-state index in [1.807, 2.05) is 10.8 Å². The van der Waals surface area contributed by atoms with Crippen LogP contribution in [-0.4, -0.2) is 26.2 Å². The average molecular weight is 359 g/mol. The molecule has 0 atom stereocenters. The molecule has 0 unspecified atom stereocenters. The van der Waals surface area contributed by atoms with E-state index in [9.17, 15) is 18.0 Å². The van der Waals surface area contributed by atoms with Crippen LogP contribution >= 0.6 is 11.3 Å². The maximum Gasteiger partial charge on any atom is 0.416 e. The van der Waals surface area contributed by atoms with Crippen molar-refractivity contribution in [3.8, 4) is 5.75 Å². The normalized spacial score (nSPS) is 11.3. The van der Waals surface area contributed by atoms with Gasteiger partial charge in [0.2, 0.25) is 5.91 Å². The van der Waals surface area contributed by atoms with Crippen molar-refractivity contribution in [2.45, 2.75) is 12.6 Å². The molecule has 0 aliphatic carbocycles. The summed E-state index contributed by atoms with van der Waals surface area (Å²) in [5, 5.41) is 6.12. The zero-order chi connectivity index (χ0) is 17.6. The Morgan fingerprint density at radius 2 is 2.04 bits per heavy atom. The van der Waals surface area contributed by atoms with Gasteiger partial charge in [0.05, 0.1) is 24.3 Å². The largest absolute Gasteiger partial charge is 0.489 e. The Morgan fingerprint density at radius 3 is 2.67 bits per heavy atom. The number of benzene rings is 1. The fourth-order valence-electron chi connectivity index (χ4n) is 1.94. The van der Waals surface area contributed by atoms with Crippen LogP contribution in [0.2, 0.25) is 0 Å². The first-order valence-electron chi connectivity index (χ1n) is 7.04. The molecule has 1 N–H and O–H groups in total. The number of ether oxygens (including phenoxy) is 2. The highest BCUT2D eigenvalue weighted by Crippen LogP contribution is 2.35. The Morgan fingerprint density at radius 1 is 1.25 bits per heavy atom. The minimum Gasteiger partial charge on any atom is -0.489 e. The van der Waals surface area contributed by atoms with Gasteiger partial charge in [-0.2, -0.15) is 24.5 Å². The van der Waals surface area contributed by atoms with Gasteiger partial charge in [-0.05, 0) is 40.6 Å². The fourth-order valence-corrected chi connectivity index (χ4v) is 2.61. The molecule has 0 radical (unpaired) electrons. The Labute approximate surface area is 141 Å². The topological polar surface area (TPSA) is 47.6 Å². The molecule has 0 aliphatic heterocycles. The molecule has 0 aliphatic rings. The number of nitrogens with one attached hydrogen (secondary N) is 1. The van der Waals surface area contributed by atoms with Crippen LogP contribution in [0.25, 0.3) is 0 Å². The molecule has 1 aromatic carbocycles. The zero-order valence-corrected chi connectivity index (χ0v) is 13.7. The number of hydrogen-bond acceptors (Lipinski definition) is 4. The lowest BCUT2D eigenvalue weighted by Crippen LogP contribution is -2.16. The maximum atomic E-state index is 12.9. The molecule has 0 saturated heterocycles. The van der Waals surface area contributed by atoms with Crippen LogP contribution in [0, 0.1) is 0 Å². The SMILES string of the molecule is COCCOc1ccc(C(F)(F)F)cc1NC(=O)Cc1ccsc1. The van der Waals surface area contributed by atoms with Gasteiger partial charge in [-0.1, -0.05) is 0 Å². The van der Waals surface area contributed by atoms with Crippen molar-refractivity contribution >= 4 is 22.9 Å². The number of carbonyl (C=O) groups excluding carboxylic acids is 1. The van der Waals surface area contributed by atoms with E-state index in [1.54, 1.807) is 6.07 Å². The summed E-state index contributed by atoms with van der Waals surface area (Å²) in [5.41, 5.74) is -0.0695. The molecule has 0 fully saturated rings. The van der Waals surface area contributed by atoms with E-state index in [-0.39, 0.29) is 31.1 Å². The van der Waals surface area contributed by atoms with Crippen LogP contribution in [0.1, 0.15) is 11.1 Å². The molecule has 4 nitrogen and oxygen atoms in total. The number of amides is 1. The Kier molecular flexibility index (Phi) is 6.22. The lowest BCUT2D eigenvalue weighted by Gasteiger charge is -2.15. The molecular formula is C16H16F3NO3S. The first-order chi connectivity index (χ1) is 11.4. The highest BCUT2D eigenvalue weighted by atomic mass is 32.1. The van der Waals surface area contributed by atoms with E-state index in [0.717, 1.165) is 17.7 Å². The van der Waals surface area contributed by atoms with Crippen LogP contribution < -0.4 is 10.1 Å². The molecule has 1 amide bonds. The zero-order valence-electron chi connectivity index (χ0n) is 12.9. The summed E-state index contributed by atoms with van der Waals surface area (Å²) in [6, 6.07) is 4.76. The Hall–Kier alpha value is -2.06. The third-order valence-corrected chi connectivity index (χ3v) is 3.80. The van der Waals surface area contributed by atoms with Gasteiger partial charge in [0.1, 0.15) is 12.4 Å². The highest BCUT2D eigenvalue weighted by molar-refractivity contribution is 7.08. The molecule has 2 aromatic rings. The van der Waals surface area contributed by atoms with Crippen LogP contribution in [-0.2, 0) is 22.1 Å². The average Bonchev–Trinajstić information content (AvgIpc) is 3.00. The van der Waals surface area contributed by atoms with Gasteiger partial charge in [-0.25, -0.2) is 0 Å². The minimum atomic E-state index is -4.50. The van der Waals surface area contributed by atoms with Gasteiger partial charge in [0, 0.05) is 7.11 Å². The Balaban J connectivity index is 2.17. The van der Waals surface area contributed by atoms with Crippen LogP contribution in [0.5, 0.6) is 5.75 Å². The predicted molar refractivity (Wildman–Crippen MR) is 85.5 cm³/mol. The van der Waals surface area contributed by atoms with Gasteiger partial charge in [0.25, 0.3) is 0 Å². The van der Waals surface area contributed by atoms with Crippen molar-refractivity contribution in [1.29, 1.82) is 0 Å². The first kappa shape index (κ1) is 18.3. The molecule has 0 saturated carbocycles. The molecular weight excluding hydrogens is 343 g/mol. The number of hydrogen-bond donors (Lipinski definition) is 1. The highest BCUT2D eigenvalue weighted by Gasteiger charge is 2.31. The Bertz CT molecular complexity index is 672. The van der Waals surface area contributed by atoms with Gasteiger partial charge < -0.3 is 14.8 Å². The maximum absolute atomic E-state index is 12.9. The van der Waals surface area contributed by atoms with Crippen molar-refractivity contribution < 1.29 is 27.4 Å². The monoisotopic (exact) mass is 359 g/mol. The molecule has 8 heteroatoms. The van der Waals surface area contributed by atoms with E-state index in [2.05, 4.69) is 5.32 Å². The van der Waals surface area contributed by atoms with Crippen molar-refractivity contribution in [3.63, 3.8) is 0 Å². The molecule has 2 rings (SSSR count). The van der Waals surface area contributed by atoms with E-state index in [4.69, 9.17) is 9.47 Å². The second kappa shape index (κ2) is 8.16. The minimum absolute atomic E-state index is 0.0128. The number of anilines is 1. The summed E-state index contributed by atoms with van der Waals surface area (Å²) < 4.78 is 48.8. The summed E-state index contributed by atoms with van der Waals surface area (Å²) in [6.07, 6.45) is -4.42. The molecule has 24 heavy (non-hydrogen) atoms. The van der Waals surface area contributed by atoms with Crippen molar-refractivity contribution in [2.75, 3.05) is 25.6 Å². The van der Waals surface area contributed by atoms with Crippen LogP contribution in [0.3, 0.4) is 0 Å². The van der Waals surface area contributed by atoms with Crippen LogP contribution in [0.4, 0.5) is 18.9 Å². The quantitative estimate of drug-likeness (QED) is 0.761. The number of carbonyl (C=O) groups is 1. The smallest absolute Gasteiger partial charge is 0.416 e.